The lowest BCUT2D eigenvalue weighted by atomic mass is 10.3. The van der Waals surface area contributed by atoms with Crippen molar-refractivity contribution in [2.75, 3.05) is 12.3 Å². The first-order valence-corrected chi connectivity index (χ1v) is 5.42. The topological polar surface area (TPSA) is 44.1 Å². The summed E-state index contributed by atoms with van der Waals surface area (Å²) in [6, 6.07) is 0.228. The van der Waals surface area contributed by atoms with E-state index in [1.165, 1.54) is 11.8 Å². The molecule has 0 aliphatic rings. The lowest BCUT2D eigenvalue weighted by Gasteiger charge is -2.25. The molecule has 0 aliphatic heterocycles. The quantitative estimate of drug-likeness (QED) is 0.502. The van der Waals surface area contributed by atoms with E-state index >= 15 is 0 Å². The molecule has 3 nitrogen and oxygen atoms in total. The number of rotatable bonds is 5. The second kappa shape index (κ2) is 6.79. The molecular weight excluding hydrogens is 184 g/mol. The van der Waals surface area contributed by atoms with Crippen molar-refractivity contribution in [1.29, 1.82) is 5.26 Å². The molecule has 0 fully saturated rings. The Morgan fingerprint density at radius 1 is 1.62 bits per heavy atom. The Morgan fingerprint density at radius 2 is 2.23 bits per heavy atom. The van der Waals surface area contributed by atoms with Crippen LogP contribution in [0.15, 0.2) is 0 Å². The maximum absolute atomic E-state index is 11.4. The van der Waals surface area contributed by atoms with Gasteiger partial charge in [0.2, 0.25) is 5.91 Å². The first kappa shape index (κ1) is 12.3. The average Bonchev–Trinajstić information content (AvgIpc) is 2.11. The summed E-state index contributed by atoms with van der Waals surface area (Å²) in [7, 11) is 0. The van der Waals surface area contributed by atoms with Gasteiger partial charge in [-0.2, -0.15) is 5.26 Å². The highest BCUT2D eigenvalue weighted by molar-refractivity contribution is 8.03. The Bertz CT molecular complexity index is 198. The number of nitrogens with zero attached hydrogens (tertiary/aromatic N) is 2. The molecule has 0 N–H and O–H groups in total. The molecule has 0 unspecified atom stereocenters. The summed E-state index contributed by atoms with van der Waals surface area (Å²) >= 11 is 1.19. The number of hydrogen-bond donors (Lipinski definition) is 0. The molecule has 0 radical (unpaired) electrons. The van der Waals surface area contributed by atoms with E-state index in [1.54, 1.807) is 0 Å². The van der Waals surface area contributed by atoms with Gasteiger partial charge >= 0.3 is 0 Å². The third-order valence-electron chi connectivity index (χ3n) is 1.74. The molecule has 0 heterocycles. The fourth-order valence-electron chi connectivity index (χ4n) is 1.06. The SMILES string of the molecule is CCC(=O)N(CCSC#N)C(C)C. The molecule has 0 bridgehead atoms. The standard InChI is InChI=1S/C9H16N2OS/c1-4-9(12)11(8(2)3)5-6-13-7-10/h8H,4-6H2,1-3H3. The number of thiocyanates is 1. The van der Waals surface area contributed by atoms with Gasteiger partial charge in [0.25, 0.3) is 0 Å². The zero-order chi connectivity index (χ0) is 10.3. The number of carbonyl (C=O) groups is 1. The second-order valence-corrected chi connectivity index (χ2v) is 3.85. The van der Waals surface area contributed by atoms with Gasteiger partial charge < -0.3 is 4.90 Å². The monoisotopic (exact) mass is 200 g/mol. The van der Waals surface area contributed by atoms with E-state index in [2.05, 4.69) is 0 Å². The van der Waals surface area contributed by atoms with E-state index in [4.69, 9.17) is 5.26 Å². The van der Waals surface area contributed by atoms with Crippen LogP contribution in [0.5, 0.6) is 0 Å². The molecule has 74 valence electrons. The van der Waals surface area contributed by atoms with Crippen LogP contribution in [0.3, 0.4) is 0 Å². The third-order valence-corrected chi connectivity index (χ3v) is 2.26. The summed E-state index contributed by atoms with van der Waals surface area (Å²) in [5, 5.41) is 10.3. The number of thioether (sulfide) groups is 1. The smallest absolute Gasteiger partial charge is 0.222 e. The Balaban J connectivity index is 3.97. The van der Waals surface area contributed by atoms with Crippen LogP contribution < -0.4 is 0 Å². The highest BCUT2D eigenvalue weighted by Crippen LogP contribution is 2.04. The number of nitriles is 1. The van der Waals surface area contributed by atoms with Crippen molar-refractivity contribution >= 4 is 17.7 Å². The van der Waals surface area contributed by atoms with Crippen molar-refractivity contribution in [3.05, 3.63) is 0 Å². The summed E-state index contributed by atoms with van der Waals surface area (Å²) < 4.78 is 0. The van der Waals surface area contributed by atoms with E-state index in [0.717, 1.165) is 0 Å². The zero-order valence-corrected chi connectivity index (χ0v) is 9.23. The van der Waals surface area contributed by atoms with Gasteiger partial charge in [-0.25, -0.2) is 0 Å². The fraction of sp³-hybridized carbons (Fsp3) is 0.778. The van der Waals surface area contributed by atoms with E-state index in [-0.39, 0.29) is 11.9 Å². The predicted octanol–water partition coefficient (Wildman–Crippen LogP) is 1.85. The number of hydrogen-bond acceptors (Lipinski definition) is 3. The summed E-state index contributed by atoms with van der Waals surface area (Å²) in [5.74, 6) is 0.856. The van der Waals surface area contributed by atoms with Gasteiger partial charge in [-0.15, -0.1) is 0 Å². The Hall–Kier alpha value is -0.690. The lowest BCUT2D eigenvalue weighted by molar-refractivity contribution is -0.132. The molecule has 0 aliphatic carbocycles. The first-order valence-electron chi connectivity index (χ1n) is 4.43. The van der Waals surface area contributed by atoms with Crippen molar-refractivity contribution < 1.29 is 4.79 Å². The Morgan fingerprint density at radius 3 is 2.62 bits per heavy atom. The molecule has 0 rings (SSSR count). The molecular formula is C9H16N2OS. The highest BCUT2D eigenvalue weighted by Gasteiger charge is 2.13. The van der Waals surface area contributed by atoms with Gasteiger partial charge in [0.05, 0.1) is 0 Å². The van der Waals surface area contributed by atoms with Crippen molar-refractivity contribution in [3.8, 4) is 5.40 Å². The summed E-state index contributed by atoms with van der Waals surface area (Å²) in [6.45, 7) is 6.51. The molecule has 0 spiro atoms. The van der Waals surface area contributed by atoms with Crippen LogP contribution in [0.25, 0.3) is 0 Å². The number of carbonyl (C=O) groups excluding carboxylic acids is 1. The van der Waals surface area contributed by atoms with Crippen molar-refractivity contribution in [2.45, 2.75) is 33.2 Å². The largest absolute Gasteiger partial charge is 0.339 e. The minimum Gasteiger partial charge on any atom is -0.339 e. The van der Waals surface area contributed by atoms with Gasteiger partial charge in [0.1, 0.15) is 5.40 Å². The first-order chi connectivity index (χ1) is 6.13. The van der Waals surface area contributed by atoms with Crippen LogP contribution in [0.1, 0.15) is 27.2 Å². The van der Waals surface area contributed by atoms with Crippen LogP contribution in [-0.4, -0.2) is 29.1 Å². The van der Waals surface area contributed by atoms with Gasteiger partial charge in [-0.05, 0) is 25.6 Å². The molecule has 0 aromatic carbocycles. The molecule has 4 heteroatoms. The summed E-state index contributed by atoms with van der Waals surface area (Å²) in [4.78, 5) is 13.2. The maximum Gasteiger partial charge on any atom is 0.222 e. The van der Waals surface area contributed by atoms with Gasteiger partial charge in [0, 0.05) is 24.8 Å². The van der Waals surface area contributed by atoms with Crippen LogP contribution >= 0.6 is 11.8 Å². The molecule has 0 saturated heterocycles. The van der Waals surface area contributed by atoms with E-state index in [1.807, 2.05) is 31.1 Å². The van der Waals surface area contributed by atoms with Crippen LogP contribution in [0, 0.1) is 10.7 Å². The van der Waals surface area contributed by atoms with Gasteiger partial charge in [-0.1, -0.05) is 6.92 Å². The zero-order valence-electron chi connectivity index (χ0n) is 8.41. The Labute approximate surface area is 84.1 Å². The van der Waals surface area contributed by atoms with Crippen LogP contribution in [-0.2, 0) is 4.79 Å². The molecule has 1 amide bonds. The van der Waals surface area contributed by atoms with Gasteiger partial charge in [0.15, 0.2) is 0 Å². The van der Waals surface area contributed by atoms with Crippen LogP contribution in [0.4, 0.5) is 0 Å². The predicted molar refractivity (Wildman–Crippen MR) is 55.2 cm³/mol. The minimum atomic E-state index is 0.161. The van der Waals surface area contributed by atoms with Crippen molar-refractivity contribution in [3.63, 3.8) is 0 Å². The average molecular weight is 200 g/mol. The van der Waals surface area contributed by atoms with E-state index in [9.17, 15) is 4.79 Å². The van der Waals surface area contributed by atoms with Crippen LogP contribution in [0.2, 0.25) is 0 Å². The van der Waals surface area contributed by atoms with E-state index in [0.29, 0.717) is 18.7 Å². The van der Waals surface area contributed by atoms with Crippen molar-refractivity contribution in [2.24, 2.45) is 0 Å². The molecule has 0 aromatic rings. The lowest BCUT2D eigenvalue weighted by Crippen LogP contribution is -2.38. The second-order valence-electron chi connectivity index (χ2n) is 2.97. The van der Waals surface area contributed by atoms with E-state index < -0.39 is 0 Å². The highest BCUT2D eigenvalue weighted by atomic mass is 32.2. The van der Waals surface area contributed by atoms with Gasteiger partial charge in [-0.3, -0.25) is 4.79 Å². The molecule has 0 atom stereocenters. The molecule has 13 heavy (non-hydrogen) atoms. The Kier molecular flexibility index (Phi) is 6.43. The molecule has 0 aromatic heterocycles. The molecule has 0 saturated carbocycles. The number of amides is 1. The van der Waals surface area contributed by atoms with Crippen molar-refractivity contribution in [1.82, 2.24) is 4.90 Å². The maximum atomic E-state index is 11.4. The fourth-order valence-corrected chi connectivity index (χ4v) is 1.44. The summed E-state index contributed by atoms with van der Waals surface area (Å²) in [6.07, 6.45) is 0.537. The minimum absolute atomic E-state index is 0.161. The normalized spacial score (nSPS) is 9.77. The third kappa shape index (κ3) is 4.79. The summed E-state index contributed by atoms with van der Waals surface area (Å²) in [5.41, 5.74) is 0.